The lowest BCUT2D eigenvalue weighted by atomic mass is 9.82. The summed E-state index contributed by atoms with van der Waals surface area (Å²) in [5, 5.41) is 12.2. The van der Waals surface area contributed by atoms with Crippen LogP contribution in [0.2, 0.25) is 0 Å². The molecule has 3 aliphatic carbocycles. The first-order valence-electron chi connectivity index (χ1n) is 18.2. The smallest absolute Gasteiger partial charge is 0.272 e. The zero-order valence-electron chi connectivity index (χ0n) is 29.1. The summed E-state index contributed by atoms with van der Waals surface area (Å²) in [7, 11) is 0. The highest BCUT2D eigenvalue weighted by molar-refractivity contribution is 5.98. The van der Waals surface area contributed by atoms with Gasteiger partial charge in [0.05, 0.1) is 6.20 Å². The molecule has 0 bridgehead atoms. The summed E-state index contributed by atoms with van der Waals surface area (Å²) in [6, 6.07) is -2.49. The standard InChI is InChI=1S/C36H55N7O5/c1-5-10-25(19-28(44)39-24-15-16-24)40-34(47)30-26-14-9-13-23(26)21-43(30)35(48)31(36(2,3)4)42-33(46)29(22-11-7-6-8-12-22)41-32(45)27-20-37-17-18-38-27/h17-18,20,22-26,29-31H,5-16,19,21H2,1-4H3,(H,39,44)(H,40,47)(H,41,45)(H,42,46). The van der Waals surface area contributed by atoms with Crippen molar-refractivity contribution in [2.45, 2.75) is 141 Å². The van der Waals surface area contributed by atoms with Gasteiger partial charge in [0.25, 0.3) is 5.91 Å². The number of hydrogen-bond donors (Lipinski definition) is 4. The first-order chi connectivity index (χ1) is 23.0. The van der Waals surface area contributed by atoms with Crippen molar-refractivity contribution < 1.29 is 24.0 Å². The van der Waals surface area contributed by atoms with Gasteiger partial charge in [-0.3, -0.25) is 29.0 Å². The Kier molecular flexibility index (Phi) is 11.7. The van der Waals surface area contributed by atoms with E-state index in [9.17, 15) is 24.0 Å². The van der Waals surface area contributed by atoms with E-state index in [1.54, 1.807) is 4.90 Å². The highest BCUT2D eigenvalue weighted by Gasteiger charge is 2.52. The minimum absolute atomic E-state index is 0.0362. The molecule has 12 heteroatoms. The summed E-state index contributed by atoms with van der Waals surface area (Å²) in [4.78, 5) is 78.5. The number of rotatable bonds is 13. The van der Waals surface area contributed by atoms with E-state index >= 15 is 0 Å². The SMILES string of the molecule is CCCC(CC(=O)NC1CC1)NC(=O)C1C2CCCC2CN1C(=O)C(NC(=O)C(NC(=O)c1cnccn1)C1CCCCC1)C(C)(C)C. The van der Waals surface area contributed by atoms with Crippen molar-refractivity contribution in [3.05, 3.63) is 24.3 Å². The molecule has 2 heterocycles. The number of aromatic nitrogens is 2. The van der Waals surface area contributed by atoms with Crippen LogP contribution in [0.3, 0.4) is 0 Å². The van der Waals surface area contributed by atoms with Crippen molar-refractivity contribution in [2.75, 3.05) is 6.54 Å². The number of likely N-dealkylation sites (tertiary alicyclic amines) is 1. The predicted octanol–water partition coefficient (Wildman–Crippen LogP) is 3.27. The number of hydrogen-bond acceptors (Lipinski definition) is 7. The highest BCUT2D eigenvalue weighted by atomic mass is 16.2. The topological polar surface area (TPSA) is 162 Å². The molecule has 12 nitrogen and oxygen atoms in total. The maximum Gasteiger partial charge on any atom is 0.272 e. The Labute approximate surface area is 284 Å². The Morgan fingerprint density at radius 3 is 2.31 bits per heavy atom. The van der Waals surface area contributed by atoms with Gasteiger partial charge in [0.1, 0.15) is 23.8 Å². The van der Waals surface area contributed by atoms with E-state index < -0.39 is 35.4 Å². The molecule has 1 aromatic rings. The molecule has 4 N–H and O–H groups in total. The van der Waals surface area contributed by atoms with Crippen molar-refractivity contribution >= 4 is 29.5 Å². The number of carbonyl (C=O) groups is 5. The fourth-order valence-corrected chi connectivity index (χ4v) is 8.01. The van der Waals surface area contributed by atoms with Crippen molar-refractivity contribution in [1.29, 1.82) is 0 Å². The Bertz CT molecular complexity index is 1310. The van der Waals surface area contributed by atoms with Crippen LogP contribution in [0.5, 0.6) is 0 Å². The van der Waals surface area contributed by atoms with Gasteiger partial charge >= 0.3 is 0 Å². The van der Waals surface area contributed by atoms with E-state index in [1.807, 2.05) is 27.7 Å². The van der Waals surface area contributed by atoms with Crippen molar-refractivity contribution in [3.8, 4) is 0 Å². The molecular formula is C36H55N7O5. The van der Waals surface area contributed by atoms with Crippen LogP contribution in [0.15, 0.2) is 18.6 Å². The van der Waals surface area contributed by atoms with Gasteiger partial charge in [0.2, 0.25) is 23.6 Å². The van der Waals surface area contributed by atoms with Crippen LogP contribution in [0, 0.1) is 23.2 Å². The second kappa shape index (κ2) is 15.8. The first kappa shape index (κ1) is 35.7. The molecular weight excluding hydrogens is 610 g/mol. The Morgan fingerprint density at radius 1 is 0.917 bits per heavy atom. The van der Waals surface area contributed by atoms with Crippen LogP contribution in [0.4, 0.5) is 0 Å². The normalized spacial score (nSPS) is 24.6. The zero-order chi connectivity index (χ0) is 34.4. The molecule has 1 aromatic heterocycles. The highest BCUT2D eigenvalue weighted by Crippen LogP contribution is 2.43. The van der Waals surface area contributed by atoms with E-state index in [0.29, 0.717) is 13.0 Å². The maximum atomic E-state index is 14.6. The first-order valence-corrected chi connectivity index (χ1v) is 18.2. The van der Waals surface area contributed by atoms with E-state index in [0.717, 1.165) is 70.6 Å². The van der Waals surface area contributed by atoms with Gasteiger partial charge in [-0.05, 0) is 68.1 Å². The number of fused-ring (bicyclic) bond motifs is 1. The molecule has 6 unspecified atom stereocenters. The molecule has 6 atom stereocenters. The molecule has 4 fully saturated rings. The molecule has 4 aliphatic rings. The van der Waals surface area contributed by atoms with Gasteiger partial charge in [-0.1, -0.05) is 59.8 Å². The number of carbonyl (C=O) groups excluding carboxylic acids is 5. The minimum atomic E-state index is -0.922. The lowest BCUT2D eigenvalue weighted by molar-refractivity contribution is -0.145. The molecule has 0 aromatic carbocycles. The third-order valence-electron chi connectivity index (χ3n) is 10.7. The van der Waals surface area contributed by atoms with E-state index in [1.165, 1.54) is 18.6 Å². The van der Waals surface area contributed by atoms with Gasteiger partial charge in [0, 0.05) is 37.4 Å². The Morgan fingerprint density at radius 2 is 1.67 bits per heavy atom. The van der Waals surface area contributed by atoms with Gasteiger partial charge in [-0.15, -0.1) is 0 Å². The van der Waals surface area contributed by atoms with Crippen LogP contribution in [-0.2, 0) is 19.2 Å². The summed E-state index contributed by atoms with van der Waals surface area (Å²) < 4.78 is 0. The van der Waals surface area contributed by atoms with Gasteiger partial charge in [-0.2, -0.15) is 0 Å². The van der Waals surface area contributed by atoms with Crippen LogP contribution < -0.4 is 21.3 Å². The van der Waals surface area contributed by atoms with Crippen LogP contribution in [-0.4, -0.2) is 81.2 Å². The van der Waals surface area contributed by atoms with Gasteiger partial charge in [0.15, 0.2) is 0 Å². The quantitative estimate of drug-likeness (QED) is 0.251. The van der Waals surface area contributed by atoms with Crippen LogP contribution in [0.1, 0.15) is 122 Å². The summed E-state index contributed by atoms with van der Waals surface area (Å²) in [5.74, 6) is -1.27. The predicted molar refractivity (Wildman–Crippen MR) is 180 cm³/mol. The zero-order valence-corrected chi connectivity index (χ0v) is 29.1. The van der Waals surface area contributed by atoms with Crippen molar-refractivity contribution in [1.82, 2.24) is 36.1 Å². The molecule has 1 aliphatic heterocycles. The number of nitrogens with zero attached hydrogens (tertiary/aromatic N) is 3. The molecule has 5 rings (SSSR count). The lowest BCUT2D eigenvalue weighted by Crippen LogP contribution is -2.62. The molecule has 5 amide bonds. The summed E-state index contributed by atoms with van der Waals surface area (Å²) >= 11 is 0. The third kappa shape index (κ3) is 8.91. The van der Waals surface area contributed by atoms with Crippen molar-refractivity contribution in [2.24, 2.45) is 23.2 Å². The average molecular weight is 666 g/mol. The minimum Gasteiger partial charge on any atom is -0.353 e. The molecule has 264 valence electrons. The second-order valence-electron chi connectivity index (χ2n) is 15.6. The van der Waals surface area contributed by atoms with E-state index in [2.05, 4.69) is 31.2 Å². The Balaban J connectivity index is 1.34. The molecule has 0 spiro atoms. The van der Waals surface area contributed by atoms with Crippen LogP contribution in [0.25, 0.3) is 0 Å². The number of nitrogens with one attached hydrogen (secondary N) is 4. The molecule has 0 radical (unpaired) electrons. The summed E-state index contributed by atoms with van der Waals surface area (Å²) in [5.41, 5.74) is -0.554. The second-order valence-corrected chi connectivity index (χ2v) is 15.6. The molecule has 3 saturated carbocycles. The third-order valence-corrected chi connectivity index (χ3v) is 10.7. The molecule has 48 heavy (non-hydrogen) atoms. The van der Waals surface area contributed by atoms with Crippen LogP contribution >= 0.6 is 0 Å². The summed E-state index contributed by atoms with van der Waals surface area (Å²) in [6.07, 6.45) is 15.4. The molecule has 1 saturated heterocycles. The van der Waals surface area contributed by atoms with E-state index in [4.69, 9.17) is 0 Å². The van der Waals surface area contributed by atoms with Gasteiger partial charge in [-0.25, -0.2) is 4.98 Å². The largest absolute Gasteiger partial charge is 0.353 e. The Hall–Kier alpha value is -3.57. The maximum absolute atomic E-state index is 14.6. The van der Waals surface area contributed by atoms with Gasteiger partial charge < -0.3 is 26.2 Å². The van der Waals surface area contributed by atoms with Crippen molar-refractivity contribution in [3.63, 3.8) is 0 Å². The number of amides is 5. The lowest BCUT2D eigenvalue weighted by Gasteiger charge is -2.38. The van der Waals surface area contributed by atoms with E-state index in [-0.39, 0.29) is 59.7 Å². The fraction of sp³-hybridized carbons (Fsp3) is 0.750. The summed E-state index contributed by atoms with van der Waals surface area (Å²) in [6.45, 7) is 8.21. The fourth-order valence-electron chi connectivity index (χ4n) is 8.01. The average Bonchev–Trinajstić information content (AvgIpc) is 3.62. The monoisotopic (exact) mass is 665 g/mol.